The molecule has 0 aliphatic rings. The first-order valence-corrected chi connectivity index (χ1v) is 6.56. The summed E-state index contributed by atoms with van der Waals surface area (Å²) >= 11 is 0. The second-order valence-electron chi connectivity index (χ2n) is 2.96. The van der Waals surface area contributed by atoms with Crippen LogP contribution in [0.25, 0.3) is 0 Å². The molecule has 0 bridgehead atoms. The zero-order valence-corrected chi connectivity index (χ0v) is 8.43. The first kappa shape index (κ1) is 9.22. The average Bonchev–Trinajstić information content (AvgIpc) is 1.90. The van der Waals surface area contributed by atoms with Crippen molar-refractivity contribution in [3.63, 3.8) is 0 Å². The lowest BCUT2D eigenvalue weighted by Crippen LogP contribution is -2.14. The van der Waals surface area contributed by atoms with E-state index in [0.29, 0.717) is 0 Å². The third-order valence-electron chi connectivity index (χ3n) is 2.50. The van der Waals surface area contributed by atoms with E-state index in [1.165, 1.54) is 18.5 Å². The molecule has 0 aromatic carbocycles. The predicted octanol–water partition coefficient (Wildman–Crippen LogP) is 3.05. The van der Waals surface area contributed by atoms with Crippen LogP contribution in [0.3, 0.4) is 0 Å². The van der Waals surface area contributed by atoms with Crippen molar-refractivity contribution in [2.75, 3.05) is 0 Å². The maximum absolute atomic E-state index is 2.42. The van der Waals surface area contributed by atoms with Gasteiger partial charge in [-0.2, -0.15) is 0 Å². The molecule has 1 heteroatoms. The smallest absolute Gasteiger partial charge is 0.0390 e. The van der Waals surface area contributed by atoms with Crippen LogP contribution in [0.2, 0.25) is 17.6 Å². The maximum atomic E-state index is 2.42. The summed E-state index contributed by atoms with van der Waals surface area (Å²) < 4.78 is 0. The van der Waals surface area contributed by atoms with Gasteiger partial charge in [-0.25, -0.2) is 0 Å². The lowest BCUT2D eigenvalue weighted by atomic mass is 10.4. The molecule has 0 radical (unpaired) electrons. The summed E-state index contributed by atoms with van der Waals surface area (Å²) in [6, 6.07) is 2.98. The SMILES string of the molecule is CCC(C)[SiH](CC)CC. The maximum Gasteiger partial charge on any atom is 0.0390 e. The van der Waals surface area contributed by atoms with Crippen LogP contribution in [0.1, 0.15) is 34.1 Å². The van der Waals surface area contributed by atoms with Crippen LogP contribution >= 0.6 is 0 Å². The van der Waals surface area contributed by atoms with Crippen molar-refractivity contribution in [1.29, 1.82) is 0 Å². The van der Waals surface area contributed by atoms with Crippen LogP contribution in [-0.4, -0.2) is 8.80 Å². The largest absolute Gasteiger partial charge is 0.0680 e. The van der Waals surface area contributed by atoms with Gasteiger partial charge in [-0.05, 0) is 0 Å². The molecule has 0 aromatic heterocycles. The zero-order valence-electron chi connectivity index (χ0n) is 7.28. The van der Waals surface area contributed by atoms with Crippen molar-refractivity contribution in [2.45, 2.75) is 51.7 Å². The first-order valence-electron chi connectivity index (χ1n) is 4.26. The summed E-state index contributed by atoms with van der Waals surface area (Å²) in [5.41, 5.74) is 1.07. The standard InChI is InChI=1S/C8H20Si/c1-5-8(4)9(6-2)7-3/h8-9H,5-7H2,1-4H3. The van der Waals surface area contributed by atoms with Crippen molar-refractivity contribution in [3.8, 4) is 0 Å². The average molecular weight is 144 g/mol. The van der Waals surface area contributed by atoms with E-state index in [2.05, 4.69) is 27.7 Å². The van der Waals surface area contributed by atoms with Crippen molar-refractivity contribution < 1.29 is 0 Å². The Morgan fingerprint density at radius 3 is 1.67 bits per heavy atom. The summed E-state index contributed by atoms with van der Waals surface area (Å²) in [6.07, 6.45) is 1.40. The topological polar surface area (TPSA) is 0 Å². The van der Waals surface area contributed by atoms with E-state index in [4.69, 9.17) is 0 Å². The second-order valence-corrected chi connectivity index (χ2v) is 7.25. The minimum atomic E-state index is -0.286. The summed E-state index contributed by atoms with van der Waals surface area (Å²) in [5, 5.41) is 0. The molecule has 0 rings (SSSR count). The van der Waals surface area contributed by atoms with Gasteiger partial charge in [0.2, 0.25) is 0 Å². The molecule has 0 aromatic rings. The predicted molar refractivity (Wildman–Crippen MR) is 47.8 cm³/mol. The highest BCUT2D eigenvalue weighted by Gasteiger charge is 2.11. The molecule has 0 heterocycles. The Balaban J connectivity index is 3.50. The second kappa shape index (κ2) is 5.04. The van der Waals surface area contributed by atoms with Crippen molar-refractivity contribution >= 4 is 8.80 Å². The molecule has 1 atom stereocenters. The minimum absolute atomic E-state index is 0.286. The molecule has 56 valence electrons. The first-order chi connectivity index (χ1) is 4.26. The molecule has 0 saturated heterocycles. The summed E-state index contributed by atoms with van der Waals surface area (Å²) in [5.74, 6) is 0. The van der Waals surface area contributed by atoms with E-state index < -0.39 is 0 Å². The molecule has 0 spiro atoms. The van der Waals surface area contributed by atoms with Gasteiger partial charge in [0.1, 0.15) is 0 Å². The molecule has 0 saturated carbocycles. The van der Waals surface area contributed by atoms with Gasteiger partial charge in [-0.3, -0.25) is 0 Å². The van der Waals surface area contributed by atoms with Gasteiger partial charge >= 0.3 is 0 Å². The van der Waals surface area contributed by atoms with Crippen LogP contribution in [0, 0.1) is 0 Å². The van der Waals surface area contributed by atoms with Crippen LogP contribution < -0.4 is 0 Å². The highest BCUT2D eigenvalue weighted by Crippen LogP contribution is 2.19. The van der Waals surface area contributed by atoms with Crippen molar-refractivity contribution in [1.82, 2.24) is 0 Å². The highest BCUT2D eigenvalue weighted by molar-refractivity contribution is 6.60. The zero-order chi connectivity index (χ0) is 7.28. The molecular formula is C8H20Si. The molecular weight excluding hydrogens is 124 g/mol. The number of rotatable bonds is 4. The van der Waals surface area contributed by atoms with Gasteiger partial charge in [0.05, 0.1) is 0 Å². The Bertz CT molecular complexity index is 57.6. The van der Waals surface area contributed by atoms with Crippen LogP contribution in [-0.2, 0) is 0 Å². The number of hydrogen-bond donors (Lipinski definition) is 0. The molecule has 0 aliphatic heterocycles. The van der Waals surface area contributed by atoms with Crippen LogP contribution in [0.15, 0.2) is 0 Å². The Hall–Kier alpha value is 0.217. The minimum Gasteiger partial charge on any atom is -0.0680 e. The van der Waals surface area contributed by atoms with Crippen LogP contribution in [0.4, 0.5) is 0 Å². The molecule has 0 amide bonds. The summed E-state index contributed by atoms with van der Waals surface area (Å²) in [7, 11) is -0.286. The quantitative estimate of drug-likeness (QED) is 0.532. The summed E-state index contributed by atoms with van der Waals surface area (Å²) in [4.78, 5) is 0. The molecule has 0 N–H and O–H groups in total. The van der Waals surface area contributed by atoms with Gasteiger partial charge in [0.15, 0.2) is 0 Å². The highest BCUT2D eigenvalue weighted by atomic mass is 28.3. The Labute approximate surface area is 61.3 Å². The van der Waals surface area contributed by atoms with Crippen molar-refractivity contribution in [2.24, 2.45) is 0 Å². The molecule has 9 heavy (non-hydrogen) atoms. The molecule has 0 nitrogen and oxygen atoms in total. The Morgan fingerprint density at radius 2 is 1.56 bits per heavy atom. The van der Waals surface area contributed by atoms with E-state index >= 15 is 0 Å². The van der Waals surface area contributed by atoms with E-state index in [1.807, 2.05) is 0 Å². The lowest BCUT2D eigenvalue weighted by molar-refractivity contribution is 0.844. The fourth-order valence-corrected chi connectivity index (χ4v) is 4.28. The molecule has 0 fully saturated rings. The van der Waals surface area contributed by atoms with Crippen LogP contribution in [0.5, 0.6) is 0 Å². The fourth-order valence-electron chi connectivity index (χ4n) is 1.43. The van der Waals surface area contributed by atoms with E-state index in [0.717, 1.165) is 5.54 Å². The normalized spacial score (nSPS) is 14.3. The Kier molecular flexibility index (Phi) is 5.16. The van der Waals surface area contributed by atoms with E-state index in [9.17, 15) is 0 Å². The monoisotopic (exact) mass is 144 g/mol. The van der Waals surface area contributed by atoms with Crippen molar-refractivity contribution in [3.05, 3.63) is 0 Å². The Morgan fingerprint density at radius 1 is 1.11 bits per heavy atom. The lowest BCUT2D eigenvalue weighted by Gasteiger charge is -2.16. The fraction of sp³-hybridized carbons (Fsp3) is 1.00. The van der Waals surface area contributed by atoms with Gasteiger partial charge in [0.25, 0.3) is 0 Å². The van der Waals surface area contributed by atoms with Gasteiger partial charge in [0, 0.05) is 8.80 Å². The third-order valence-corrected chi connectivity index (χ3v) is 6.68. The van der Waals surface area contributed by atoms with Gasteiger partial charge in [-0.15, -0.1) is 0 Å². The van der Waals surface area contributed by atoms with Gasteiger partial charge < -0.3 is 0 Å². The molecule has 1 unspecified atom stereocenters. The van der Waals surface area contributed by atoms with E-state index in [1.54, 1.807) is 0 Å². The third kappa shape index (κ3) is 3.04. The number of hydrogen-bond acceptors (Lipinski definition) is 0. The van der Waals surface area contributed by atoms with Gasteiger partial charge in [-0.1, -0.05) is 51.7 Å². The van der Waals surface area contributed by atoms with E-state index in [-0.39, 0.29) is 8.80 Å². The molecule has 0 aliphatic carbocycles. The summed E-state index contributed by atoms with van der Waals surface area (Å²) in [6.45, 7) is 9.44.